The van der Waals surface area contributed by atoms with Crippen LogP contribution in [-0.2, 0) is 13.0 Å². The summed E-state index contributed by atoms with van der Waals surface area (Å²) in [4.78, 5) is 4.40. The molecule has 2 rings (SSSR count). The first kappa shape index (κ1) is 14.7. The Morgan fingerprint density at radius 3 is 2.95 bits per heavy atom. The first-order valence-corrected chi connectivity index (χ1v) is 8.39. The van der Waals surface area contributed by atoms with E-state index in [1.165, 1.54) is 6.07 Å². The zero-order valence-corrected chi connectivity index (χ0v) is 12.6. The van der Waals surface area contributed by atoms with Crippen molar-refractivity contribution < 1.29 is 4.39 Å². The number of aryl methyl sites for hydroxylation is 2. The summed E-state index contributed by atoms with van der Waals surface area (Å²) in [5.41, 5.74) is 1.34. The zero-order valence-electron chi connectivity index (χ0n) is 11.0. The molecule has 0 saturated carbocycles. The fourth-order valence-electron chi connectivity index (χ4n) is 2.20. The molecule has 0 N–H and O–H groups in total. The lowest BCUT2D eigenvalue weighted by atomic mass is 10.3. The van der Waals surface area contributed by atoms with E-state index in [4.69, 9.17) is 11.6 Å². The van der Waals surface area contributed by atoms with Gasteiger partial charge in [-0.1, -0.05) is 6.07 Å². The molecule has 1 aromatic carbocycles. The lowest BCUT2D eigenvalue weighted by molar-refractivity contribution is 0.623. The highest BCUT2D eigenvalue weighted by molar-refractivity contribution is 7.98. The maximum atomic E-state index is 13.8. The van der Waals surface area contributed by atoms with E-state index in [0.29, 0.717) is 17.8 Å². The SMILES string of the molecule is CSCCCCn1c(CCCl)nc2c(F)cccc21. The standard InChI is InChI=1S/C14H18ClFN2S/c1-19-10-3-2-9-18-12-6-4-5-11(16)14(12)17-13(18)7-8-15/h4-6H,2-3,7-10H2,1H3. The molecular weight excluding hydrogens is 283 g/mol. The molecule has 0 spiro atoms. The number of imidazole rings is 1. The van der Waals surface area contributed by atoms with Crippen LogP contribution < -0.4 is 0 Å². The quantitative estimate of drug-likeness (QED) is 0.566. The van der Waals surface area contributed by atoms with E-state index in [9.17, 15) is 4.39 Å². The molecule has 19 heavy (non-hydrogen) atoms. The Balaban J connectivity index is 2.27. The first-order valence-electron chi connectivity index (χ1n) is 6.46. The van der Waals surface area contributed by atoms with Gasteiger partial charge in [0.05, 0.1) is 5.52 Å². The number of hydrogen-bond acceptors (Lipinski definition) is 2. The molecule has 0 bridgehead atoms. The third kappa shape index (κ3) is 3.42. The van der Waals surface area contributed by atoms with Crippen LogP contribution in [0.1, 0.15) is 18.7 Å². The molecule has 0 amide bonds. The summed E-state index contributed by atoms with van der Waals surface area (Å²) in [7, 11) is 0. The summed E-state index contributed by atoms with van der Waals surface area (Å²) in [6, 6.07) is 5.12. The minimum atomic E-state index is -0.254. The lowest BCUT2D eigenvalue weighted by Crippen LogP contribution is -2.05. The highest BCUT2D eigenvalue weighted by Crippen LogP contribution is 2.20. The van der Waals surface area contributed by atoms with Crippen LogP contribution in [0.25, 0.3) is 11.0 Å². The van der Waals surface area contributed by atoms with Crippen LogP contribution in [0.15, 0.2) is 18.2 Å². The van der Waals surface area contributed by atoms with Gasteiger partial charge in [-0.3, -0.25) is 0 Å². The Labute approximate surface area is 122 Å². The molecule has 1 heterocycles. The molecule has 0 saturated heterocycles. The van der Waals surface area contributed by atoms with Crippen LogP contribution in [0.5, 0.6) is 0 Å². The molecule has 0 radical (unpaired) electrons. The molecule has 0 aliphatic carbocycles. The predicted molar refractivity (Wildman–Crippen MR) is 81.7 cm³/mol. The van der Waals surface area contributed by atoms with Crippen molar-refractivity contribution in [1.29, 1.82) is 0 Å². The third-order valence-corrected chi connectivity index (χ3v) is 3.99. The minimum absolute atomic E-state index is 0.254. The summed E-state index contributed by atoms with van der Waals surface area (Å²) < 4.78 is 15.9. The van der Waals surface area contributed by atoms with Crippen molar-refractivity contribution in [2.24, 2.45) is 0 Å². The smallest absolute Gasteiger partial charge is 0.151 e. The summed E-state index contributed by atoms with van der Waals surface area (Å²) in [5.74, 6) is 2.30. The van der Waals surface area contributed by atoms with E-state index in [0.717, 1.165) is 36.5 Å². The third-order valence-electron chi connectivity index (χ3n) is 3.11. The number of unbranched alkanes of at least 4 members (excludes halogenated alkanes) is 1. The van der Waals surface area contributed by atoms with E-state index in [1.54, 1.807) is 6.07 Å². The van der Waals surface area contributed by atoms with Crippen LogP contribution in [-0.4, -0.2) is 27.4 Å². The van der Waals surface area contributed by atoms with Gasteiger partial charge < -0.3 is 4.57 Å². The van der Waals surface area contributed by atoms with Crippen molar-refractivity contribution in [2.75, 3.05) is 17.9 Å². The van der Waals surface area contributed by atoms with Crippen LogP contribution in [0.3, 0.4) is 0 Å². The van der Waals surface area contributed by atoms with Crippen molar-refractivity contribution in [2.45, 2.75) is 25.8 Å². The van der Waals surface area contributed by atoms with Gasteiger partial charge in [0.1, 0.15) is 11.3 Å². The lowest BCUT2D eigenvalue weighted by Gasteiger charge is -2.08. The molecule has 5 heteroatoms. The van der Waals surface area contributed by atoms with Crippen LogP contribution in [0, 0.1) is 5.82 Å². The van der Waals surface area contributed by atoms with Gasteiger partial charge in [0.2, 0.25) is 0 Å². The van der Waals surface area contributed by atoms with E-state index in [1.807, 2.05) is 17.8 Å². The van der Waals surface area contributed by atoms with E-state index >= 15 is 0 Å². The molecule has 0 fully saturated rings. The average molecular weight is 301 g/mol. The van der Waals surface area contributed by atoms with Crippen LogP contribution >= 0.6 is 23.4 Å². The molecular formula is C14H18ClFN2S. The molecule has 0 atom stereocenters. The normalized spacial score (nSPS) is 11.3. The van der Waals surface area contributed by atoms with Gasteiger partial charge in [-0.05, 0) is 37.0 Å². The predicted octanol–water partition coefficient (Wildman–Crippen LogP) is 4.10. The Kier molecular flexibility index (Phi) is 5.52. The number of alkyl halides is 1. The van der Waals surface area contributed by atoms with Gasteiger partial charge in [-0.15, -0.1) is 11.6 Å². The molecule has 0 aliphatic heterocycles. The number of halogens is 2. The van der Waals surface area contributed by atoms with Crippen molar-refractivity contribution in [3.8, 4) is 0 Å². The van der Waals surface area contributed by atoms with E-state index < -0.39 is 0 Å². The number of rotatable bonds is 7. The summed E-state index contributed by atoms with van der Waals surface area (Å²) in [6.07, 6.45) is 5.04. The Hall–Kier alpha value is -0.740. The maximum absolute atomic E-state index is 13.8. The van der Waals surface area contributed by atoms with Gasteiger partial charge in [-0.2, -0.15) is 11.8 Å². The van der Waals surface area contributed by atoms with Crippen LogP contribution in [0.2, 0.25) is 0 Å². The molecule has 2 aromatic rings. The summed E-state index contributed by atoms with van der Waals surface area (Å²) >= 11 is 7.66. The fourth-order valence-corrected chi connectivity index (χ4v) is 2.86. The Morgan fingerprint density at radius 1 is 1.37 bits per heavy atom. The molecule has 0 unspecified atom stereocenters. The highest BCUT2D eigenvalue weighted by Gasteiger charge is 2.12. The highest BCUT2D eigenvalue weighted by atomic mass is 35.5. The van der Waals surface area contributed by atoms with E-state index in [-0.39, 0.29) is 5.82 Å². The van der Waals surface area contributed by atoms with Gasteiger partial charge >= 0.3 is 0 Å². The molecule has 2 nitrogen and oxygen atoms in total. The number of aromatic nitrogens is 2. The Bertz CT molecular complexity index is 541. The first-order chi connectivity index (χ1) is 9.27. The summed E-state index contributed by atoms with van der Waals surface area (Å²) in [5, 5.41) is 0. The largest absolute Gasteiger partial charge is 0.328 e. The number of benzene rings is 1. The van der Waals surface area contributed by atoms with Crippen molar-refractivity contribution >= 4 is 34.4 Å². The number of thioether (sulfide) groups is 1. The molecule has 0 aliphatic rings. The van der Waals surface area contributed by atoms with Gasteiger partial charge in [-0.25, -0.2) is 9.37 Å². The number of para-hydroxylation sites is 1. The fraction of sp³-hybridized carbons (Fsp3) is 0.500. The van der Waals surface area contributed by atoms with Crippen molar-refractivity contribution in [3.63, 3.8) is 0 Å². The molecule has 104 valence electrons. The number of fused-ring (bicyclic) bond motifs is 1. The second-order valence-corrected chi connectivity index (χ2v) is 5.79. The zero-order chi connectivity index (χ0) is 13.7. The topological polar surface area (TPSA) is 17.8 Å². The monoisotopic (exact) mass is 300 g/mol. The van der Waals surface area contributed by atoms with E-state index in [2.05, 4.69) is 15.8 Å². The summed E-state index contributed by atoms with van der Waals surface area (Å²) in [6.45, 7) is 0.882. The van der Waals surface area contributed by atoms with Crippen molar-refractivity contribution in [3.05, 3.63) is 29.8 Å². The average Bonchev–Trinajstić information content (AvgIpc) is 2.75. The molecule has 1 aromatic heterocycles. The minimum Gasteiger partial charge on any atom is -0.328 e. The number of nitrogens with zero attached hydrogens (tertiary/aromatic N) is 2. The second kappa shape index (κ2) is 7.15. The van der Waals surface area contributed by atoms with Crippen LogP contribution in [0.4, 0.5) is 4.39 Å². The van der Waals surface area contributed by atoms with Crippen molar-refractivity contribution in [1.82, 2.24) is 9.55 Å². The Morgan fingerprint density at radius 2 is 2.21 bits per heavy atom. The maximum Gasteiger partial charge on any atom is 0.151 e. The van der Waals surface area contributed by atoms with Gasteiger partial charge in [0.15, 0.2) is 5.82 Å². The van der Waals surface area contributed by atoms with Gasteiger partial charge in [0.25, 0.3) is 0 Å². The second-order valence-electron chi connectivity index (χ2n) is 4.43. The van der Waals surface area contributed by atoms with Gasteiger partial charge in [0, 0.05) is 18.8 Å². The number of hydrogen-bond donors (Lipinski definition) is 0.